The first-order chi connectivity index (χ1) is 8.69. The van der Waals surface area contributed by atoms with Crippen molar-refractivity contribution in [2.45, 2.75) is 45.1 Å². The molecule has 18 heavy (non-hydrogen) atoms. The third kappa shape index (κ3) is 2.54. The van der Waals surface area contributed by atoms with Crippen LogP contribution in [0.25, 0.3) is 0 Å². The molecule has 0 spiro atoms. The molecule has 2 aliphatic rings. The minimum atomic E-state index is 0.0205. The Morgan fingerprint density at radius 3 is 2.61 bits per heavy atom. The largest absolute Gasteiger partial charge is 0.395 e. The van der Waals surface area contributed by atoms with E-state index in [1.54, 1.807) is 0 Å². The van der Waals surface area contributed by atoms with Crippen molar-refractivity contribution < 1.29 is 9.90 Å². The Kier molecular flexibility index (Phi) is 4.62. The van der Waals surface area contributed by atoms with E-state index in [1.165, 1.54) is 6.42 Å². The zero-order chi connectivity index (χ0) is 13.1. The average molecular weight is 254 g/mol. The van der Waals surface area contributed by atoms with Crippen LogP contribution in [0.15, 0.2) is 0 Å². The summed E-state index contributed by atoms with van der Waals surface area (Å²) in [4.78, 5) is 14.4. The van der Waals surface area contributed by atoms with Gasteiger partial charge in [0.2, 0.25) is 5.91 Å². The highest BCUT2D eigenvalue weighted by Crippen LogP contribution is 2.48. The van der Waals surface area contributed by atoms with Gasteiger partial charge in [-0.3, -0.25) is 4.79 Å². The Balaban J connectivity index is 1.99. The predicted molar refractivity (Wildman–Crippen MR) is 70.9 cm³/mol. The summed E-state index contributed by atoms with van der Waals surface area (Å²) in [7, 11) is 0. The Labute approximate surface area is 110 Å². The number of carbonyl (C=O) groups excluding carboxylic acids is 1. The highest BCUT2D eigenvalue weighted by Gasteiger charge is 2.49. The first-order valence-electron chi connectivity index (χ1n) is 7.34. The third-order valence-electron chi connectivity index (χ3n) is 4.73. The molecule has 2 saturated carbocycles. The molecule has 0 aromatic carbocycles. The van der Waals surface area contributed by atoms with E-state index in [1.807, 2.05) is 4.90 Å². The molecular formula is C14H26N2O2. The van der Waals surface area contributed by atoms with Crippen molar-refractivity contribution in [1.82, 2.24) is 4.90 Å². The Bertz CT molecular complexity index is 294. The summed E-state index contributed by atoms with van der Waals surface area (Å²) in [6, 6.07) is 0.0547. The molecule has 2 bridgehead atoms. The smallest absolute Gasteiger partial charge is 0.227 e. The Hall–Kier alpha value is -0.610. The van der Waals surface area contributed by atoms with Crippen LogP contribution in [-0.4, -0.2) is 41.7 Å². The highest BCUT2D eigenvalue weighted by atomic mass is 16.3. The Morgan fingerprint density at radius 1 is 1.33 bits per heavy atom. The van der Waals surface area contributed by atoms with Crippen LogP contribution in [0.4, 0.5) is 0 Å². The molecule has 4 unspecified atom stereocenters. The van der Waals surface area contributed by atoms with Gasteiger partial charge < -0.3 is 15.7 Å². The lowest BCUT2D eigenvalue weighted by Crippen LogP contribution is -2.48. The molecule has 104 valence electrons. The number of rotatable bonds is 6. The van der Waals surface area contributed by atoms with Crippen LogP contribution in [0.1, 0.15) is 39.0 Å². The van der Waals surface area contributed by atoms with Gasteiger partial charge in [-0.15, -0.1) is 0 Å². The van der Waals surface area contributed by atoms with Crippen LogP contribution >= 0.6 is 0 Å². The number of hydrogen-bond acceptors (Lipinski definition) is 3. The fraction of sp³-hybridized carbons (Fsp3) is 0.929. The molecule has 0 aromatic heterocycles. The monoisotopic (exact) mass is 254 g/mol. The number of nitrogens with two attached hydrogens (primary N) is 1. The van der Waals surface area contributed by atoms with Crippen LogP contribution in [0.2, 0.25) is 0 Å². The topological polar surface area (TPSA) is 66.6 Å². The van der Waals surface area contributed by atoms with E-state index in [4.69, 9.17) is 10.8 Å². The standard InChI is InChI=1S/C14H26N2O2/c1-2-3-6-16(7-8-17)14(18)12-10-4-5-11(9-10)13(12)15/h10-13,17H,2-9,15H2,1H3. The van der Waals surface area contributed by atoms with Gasteiger partial charge >= 0.3 is 0 Å². The van der Waals surface area contributed by atoms with Crippen molar-refractivity contribution in [2.24, 2.45) is 23.5 Å². The second-order valence-electron chi connectivity index (χ2n) is 5.84. The van der Waals surface area contributed by atoms with E-state index >= 15 is 0 Å². The number of amides is 1. The molecule has 0 radical (unpaired) electrons. The first-order valence-corrected chi connectivity index (χ1v) is 7.34. The number of hydrogen-bond donors (Lipinski definition) is 2. The van der Waals surface area contributed by atoms with Gasteiger partial charge in [0.15, 0.2) is 0 Å². The number of unbranched alkanes of at least 4 members (excludes halogenated alkanes) is 1. The van der Waals surface area contributed by atoms with Crippen molar-refractivity contribution in [1.29, 1.82) is 0 Å². The van der Waals surface area contributed by atoms with Gasteiger partial charge in [-0.05, 0) is 37.5 Å². The lowest BCUT2D eigenvalue weighted by atomic mass is 9.84. The van der Waals surface area contributed by atoms with E-state index in [2.05, 4.69) is 6.92 Å². The summed E-state index contributed by atoms with van der Waals surface area (Å²) in [5, 5.41) is 9.10. The van der Waals surface area contributed by atoms with E-state index in [0.717, 1.165) is 32.2 Å². The molecule has 1 amide bonds. The van der Waals surface area contributed by atoms with Crippen molar-refractivity contribution in [3.63, 3.8) is 0 Å². The summed E-state index contributed by atoms with van der Waals surface area (Å²) in [5.74, 6) is 1.27. The molecule has 3 N–H and O–H groups in total. The molecule has 4 atom stereocenters. The molecule has 0 aromatic rings. The number of aliphatic hydroxyl groups is 1. The lowest BCUT2D eigenvalue weighted by Gasteiger charge is -2.32. The second-order valence-corrected chi connectivity index (χ2v) is 5.84. The van der Waals surface area contributed by atoms with Crippen LogP contribution in [0.3, 0.4) is 0 Å². The molecule has 4 heteroatoms. The fourth-order valence-electron chi connectivity index (χ4n) is 3.71. The van der Waals surface area contributed by atoms with Crippen molar-refractivity contribution >= 4 is 5.91 Å². The Morgan fingerprint density at radius 2 is 2.06 bits per heavy atom. The summed E-state index contributed by atoms with van der Waals surface area (Å²) >= 11 is 0. The first kappa shape index (κ1) is 13.8. The molecule has 2 rings (SSSR count). The molecule has 0 aliphatic heterocycles. The van der Waals surface area contributed by atoms with Gasteiger partial charge in [0.05, 0.1) is 12.5 Å². The van der Waals surface area contributed by atoms with E-state index < -0.39 is 0 Å². The van der Waals surface area contributed by atoms with Gasteiger partial charge in [-0.1, -0.05) is 13.3 Å². The number of aliphatic hydroxyl groups excluding tert-OH is 1. The molecule has 2 aliphatic carbocycles. The maximum absolute atomic E-state index is 12.6. The molecule has 0 saturated heterocycles. The van der Waals surface area contributed by atoms with Gasteiger partial charge in [0.1, 0.15) is 0 Å². The molecule has 4 nitrogen and oxygen atoms in total. The summed E-state index contributed by atoms with van der Waals surface area (Å²) in [5.41, 5.74) is 6.22. The molecule has 2 fully saturated rings. The minimum absolute atomic E-state index is 0.0205. The molecular weight excluding hydrogens is 228 g/mol. The van der Waals surface area contributed by atoms with Crippen molar-refractivity contribution in [2.75, 3.05) is 19.7 Å². The summed E-state index contributed by atoms with van der Waals surface area (Å²) in [6.07, 6.45) is 5.57. The fourth-order valence-corrected chi connectivity index (χ4v) is 3.71. The van der Waals surface area contributed by atoms with Crippen LogP contribution in [0, 0.1) is 17.8 Å². The van der Waals surface area contributed by atoms with E-state index in [0.29, 0.717) is 18.4 Å². The normalized spacial score (nSPS) is 33.9. The number of carbonyl (C=O) groups is 1. The quantitative estimate of drug-likeness (QED) is 0.742. The van der Waals surface area contributed by atoms with E-state index in [-0.39, 0.29) is 24.5 Å². The van der Waals surface area contributed by atoms with E-state index in [9.17, 15) is 4.79 Å². The maximum Gasteiger partial charge on any atom is 0.227 e. The van der Waals surface area contributed by atoms with Crippen LogP contribution in [0.5, 0.6) is 0 Å². The van der Waals surface area contributed by atoms with Gasteiger partial charge in [0, 0.05) is 19.1 Å². The zero-order valence-corrected chi connectivity index (χ0v) is 11.3. The van der Waals surface area contributed by atoms with Gasteiger partial charge in [0.25, 0.3) is 0 Å². The number of nitrogens with zero attached hydrogens (tertiary/aromatic N) is 1. The van der Waals surface area contributed by atoms with Gasteiger partial charge in [-0.25, -0.2) is 0 Å². The zero-order valence-electron chi connectivity index (χ0n) is 11.3. The van der Waals surface area contributed by atoms with Gasteiger partial charge in [-0.2, -0.15) is 0 Å². The third-order valence-corrected chi connectivity index (χ3v) is 4.73. The predicted octanol–water partition coefficient (Wildman–Crippen LogP) is 0.981. The minimum Gasteiger partial charge on any atom is -0.395 e. The van der Waals surface area contributed by atoms with Crippen LogP contribution in [-0.2, 0) is 4.79 Å². The molecule has 0 heterocycles. The van der Waals surface area contributed by atoms with Crippen LogP contribution < -0.4 is 5.73 Å². The summed E-state index contributed by atoms with van der Waals surface area (Å²) in [6.45, 7) is 3.38. The van der Waals surface area contributed by atoms with Crippen molar-refractivity contribution in [3.8, 4) is 0 Å². The maximum atomic E-state index is 12.6. The SMILES string of the molecule is CCCCN(CCO)C(=O)C1C2CCC(C2)C1N. The summed E-state index contributed by atoms with van der Waals surface area (Å²) < 4.78 is 0. The number of fused-ring (bicyclic) bond motifs is 2. The average Bonchev–Trinajstić information content (AvgIpc) is 2.94. The second kappa shape index (κ2) is 6.02. The van der Waals surface area contributed by atoms with Crippen molar-refractivity contribution in [3.05, 3.63) is 0 Å². The lowest BCUT2D eigenvalue weighted by molar-refractivity contribution is -0.138. The highest BCUT2D eigenvalue weighted by molar-refractivity contribution is 5.80.